The Morgan fingerprint density at radius 3 is 2.40 bits per heavy atom. The quantitative estimate of drug-likeness (QED) is 0.162. The Morgan fingerprint density at radius 1 is 0.907 bits per heavy atom. The van der Waals surface area contributed by atoms with Crippen molar-refractivity contribution in [1.82, 2.24) is 0 Å². The molecule has 3 heterocycles. The van der Waals surface area contributed by atoms with Crippen LogP contribution in [0.3, 0.4) is 0 Å². The predicted molar refractivity (Wildman–Crippen MR) is 171 cm³/mol. The number of anilines is 1. The first kappa shape index (κ1) is 31.2. The van der Waals surface area contributed by atoms with E-state index in [0.29, 0.717) is 12.7 Å². The highest BCUT2D eigenvalue weighted by molar-refractivity contribution is 6.00. The van der Waals surface area contributed by atoms with E-state index < -0.39 is 0 Å². The molecule has 0 aliphatic carbocycles. The Kier molecular flexibility index (Phi) is 10.2. The lowest BCUT2D eigenvalue weighted by molar-refractivity contribution is -0.686. The second-order valence-electron chi connectivity index (χ2n) is 12.1. The maximum Gasteiger partial charge on any atom is 0.231 e. The van der Waals surface area contributed by atoms with E-state index in [1.54, 1.807) is 7.11 Å². The molecule has 0 radical (unpaired) electrons. The van der Waals surface area contributed by atoms with E-state index in [-0.39, 0.29) is 17.0 Å². The lowest BCUT2D eigenvalue weighted by Gasteiger charge is -2.22. The van der Waals surface area contributed by atoms with E-state index >= 15 is 0 Å². The van der Waals surface area contributed by atoms with Crippen molar-refractivity contribution in [3.63, 3.8) is 0 Å². The van der Waals surface area contributed by atoms with E-state index in [1.807, 2.05) is 0 Å². The molecule has 1 N–H and O–H groups in total. The number of aromatic nitrogens is 1. The fraction of sp³-hybridized carbons (Fsp3) is 0.432. The van der Waals surface area contributed by atoms with Gasteiger partial charge in [-0.05, 0) is 53.3 Å². The van der Waals surface area contributed by atoms with Gasteiger partial charge >= 0.3 is 0 Å². The number of hydrogen-bond acceptors (Lipinski definition) is 4. The Hall–Kier alpha value is -3.25. The normalized spacial score (nSPS) is 13.0. The van der Waals surface area contributed by atoms with Gasteiger partial charge < -0.3 is 36.5 Å². The van der Waals surface area contributed by atoms with E-state index in [1.165, 1.54) is 76.4 Å². The number of aryl methyl sites for hydroxylation is 2. The molecule has 5 nitrogen and oxygen atoms in total. The second kappa shape index (κ2) is 14.0. The molecule has 4 aromatic rings. The Labute approximate surface area is 267 Å². The zero-order valence-electron chi connectivity index (χ0n) is 26.1. The SMILES string of the molecule is CCCCCCCCNc1c(OC)ccc2c(Cc3ccc(C(C)C)cc3)c3[n+](cc12)CCc1cc2c(cc1-3)OCO2.[Br-]. The molecule has 6 rings (SSSR count). The summed E-state index contributed by atoms with van der Waals surface area (Å²) in [4.78, 5) is 0. The van der Waals surface area contributed by atoms with Crippen molar-refractivity contribution in [3.8, 4) is 28.5 Å². The first-order chi connectivity index (χ1) is 20.6. The molecular formula is C37H45BrN2O3. The Bertz CT molecular complexity index is 1570. The summed E-state index contributed by atoms with van der Waals surface area (Å²) in [7, 11) is 1.78. The van der Waals surface area contributed by atoms with Crippen molar-refractivity contribution < 1.29 is 35.8 Å². The fourth-order valence-corrected chi connectivity index (χ4v) is 6.54. The van der Waals surface area contributed by atoms with Gasteiger partial charge in [-0.15, -0.1) is 0 Å². The van der Waals surface area contributed by atoms with Crippen LogP contribution in [-0.4, -0.2) is 20.4 Å². The van der Waals surface area contributed by atoms with E-state index in [2.05, 4.69) is 85.4 Å². The summed E-state index contributed by atoms with van der Waals surface area (Å²) >= 11 is 0. The lowest BCUT2D eigenvalue weighted by Crippen LogP contribution is -3.00. The number of pyridine rings is 1. The molecule has 0 unspecified atom stereocenters. The molecule has 6 heteroatoms. The topological polar surface area (TPSA) is 43.6 Å². The first-order valence-electron chi connectivity index (χ1n) is 15.9. The van der Waals surface area contributed by atoms with Crippen molar-refractivity contribution in [2.24, 2.45) is 0 Å². The summed E-state index contributed by atoms with van der Waals surface area (Å²) < 4.78 is 19.9. The third-order valence-corrected chi connectivity index (χ3v) is 8.95. The number of ether oxygens (including phenoxy) is 3. The van der Waals surface area contributed by atoms with Gasteiger partial charge in [0.05, 0.1) is 23.7 Å². The van der Waals surface area contributed by atoms with Crippen LogP contribution >= 0.6 is 0 Å². The van der Waals surface area contributed by atoms with Gasteiger partial charge in [-0.1, -0.05) is 77.1 Å². The van der Waals surface area contributed by atoms with Gasteiger partial charge in [0.1, 0.15) is 5.75 Å². The number of methoxy groups -OCH3 is 1. The predicted octanol–water partition coefficient (Wildman–Crippen LogP) is 5.58. The monoisotopic (exact) mass is 644 g/mol. The van der Waals surface area contributed by atoms with Crippen LogP contribution in [0.2, 0.25) is 0 Å². The van der Waals surface area contributed by atoms with Gasteiger partial charge in [-0.3, -0.25) is 0 Å². The average Bonchev–Trinajstić information content (AvgIpc) is 3.47. The highest BCUT2D eigenvalue weighted by atomic mass is 79.9. The maximum atomic E-state index is 5.91. The number of rotatable bonds is 12. The van der Waals surface area contributed by atoms with E-state index in [9.17, 15) is 0 Å². The summed E-state index contributed by atoms with van der Waals surface area (Å²) in [5.41, 5.74) is 8.99. The number of benzene rings is 3. The maximum absolute atomic E-state index is 5.91. The van der Waals surface area contributed by atoms with Crippen LogP contribution in [0, 0.1) is 0 Å². The van der Waals surface area contributed by atoms with Crippen LogP contribution in [0.4, 0.5) is 5.69 Å². The zero-order chi connectivity index (χ0) is 29.1. The van der Waals surface area contributed by atoms with Crippen molar-refractivity contribution in [2.75, 3.05) is 25.8 Å². The standard InChI is InChI=1S/C37H44N2O3.BrH/c1-5-6-7-8-9-10-18-38-36-32-23-39-19-17-28-21-34-35(42-24-41-34)22-30(28)37(39)31(29(32)15-16-33(36)40-4)20-26-11-13-27(14-12-26)25(2)3;/h11-16,21-23,25H,5-10,17-20,24H2,1-4H3;1H. The smallest absolute Gasteiger partial charge is 0.231 e. The Morgan fingerprint density at radius 2 is 1.65 bits per heavy atom. The van der Waals surface area contributed by atoms with Gasteiger partial charge in [-0.25, -0.2) is 0 Å². The molecule has 0 spiro atoms. The number of fused-ring (bicyclic) bond motifs is 5. The van der Waals surface area contributed by atoms with Crippen LogP contribution in [0.5, 0.6) is 17.2 Å². The molecule has 0 atom stereocenters. The molecule has 0 saturated heterocycles. The molecule has 0 bridgehead atoms. The summed E-state index contributed by atoms with van der Waals surface area (Å²) in [6.45, 7) is 8.93. The number of halogens is 1. The third kappa shape index (κ3) is 6.50. The van der Waals surface area contributed by atoms with Gasteiger partial charge in [0.15, 0.2) is 24.2 Å². The molecule has 43 heavy (non-hydrogen) atoms. The van der Waals surface area contributed by atoms with Crippen molar-refractivity contribution in [1.29, 1.82) is 0 Å². The number of nitrogens with zero attached hydrogens (tertiary/aromatic N) is 1. The van der Waals surface area contributed by atoms with Crippen molar-refractivity contribution in [2.45, 2.75) is 84.6 Å². The van der Waals surface area contributed by atoms with Crippen LogP contribution < -0.4 is 41.1 Å². The minimum atomic E-state index is 0. The fourth-order valence-electron chi connectivity index (χ4n) is 6.54. The molecule has 0 amide bonds. The summed E-state index contributed by atoms with van der Waals surface area (Å²) in [6, 6.07) is 17.9. The minimum absolute atomic E-state index is 0. The third-order valence-electron chi connectivity index (χ3n) is 8.95. The lowest BCUT2D eigenvalue weighted by atomic mass is 9.88. The molecule has 1 aromatic heterocycles. The molecule has 228 valence electrons. The van der Waals surface area contributed by atoms with Gasteiger partial charge in [0.2, 0.25) is 12.5 Å². The second-order valence-corrected chi connectivity index (χ2v) is 12.1. The van der Waals surface area contributed by atoms with E-state index in [0.717, 1.165) is 55.3 Å². The summed E-state index contributed by atoms with van der Waals surface area (Å²) in [6.07, 6.45) is 11.8. The first-order valence-corrected chi connectivity index (χ1v) is 15.9. The summed E-state index contributed by atoms with van der Waals surface area (Å²) in [5.74, 6) is 3.12. The highest BCUT2D eigenvalue weighted by Gasteiger charge is 2.32. The van der Waals surface area contributed by atoms with Crippen molar-refractivity contribution >= 4 is 16.5 Å². The van der Waals surface area contributed by atoms with Gasteiger partial charge in [0, 0.05) is 30.3 Å². The molecule has 2 aliphatic rings. The van der Waals surface area contributed by atoms with Crippen LogP contribution in [0.1, 0.15) is 87.5 Å². The number of unbranched alkanes of at least 4 members (excludes halogenated alkanes) is 5. The number of nitrogens with one attached hydrogen (secondary N) is 1. The summed E-state index contributed by atoms with van der Waals surface area (Å²) in [5, 5.41) is 6.29. The van der Waals surface area contributed by atoms with Crippen LogP contribution in [0.25, 0.3) is 22.0 Å². The Balaban J connectivity index is 0.00000368. The zero-order valence-corrected chi connectivity index (χ0v) is 27.7. The van der Waals surface area contributed by atoms with Gasteiger partial charge in [0.25, 0.3) is 0 Å². The average molecular weight is 646 g/mol. The molecule has 0 fully saturated rings. The molecule has 0 saturated carbocycles. The minimum Gasteiger partial charge on any atom is -1.00 e. The molecule has 2 aliphatic heterocycles. The highest BCUT2D eigenvalue weighted by Crippen LogP contribution is 2.43. The van der Waals surface area contributed by atoms with Crippen molar-refractivity contribution in [3.05, 3.63) is 77.0 Å². The van der Waals surface area contributed by atoms with Crippen LogP contribution in [0.15, 0.2) is 54.7 Å². The van der Waals surface area contributed by atoms with Crippen LogP contribution in [-0.2, 0) is 19.4 Å². The van der Waals surface area contributed by atoms with E-state index in [4.69, 9.17) is 14.2 Å². The largest absolute Gasteiger partial charge is 1.00 e. The molecular weight excluding hydrogens is 600 g/mol. The van der Waals surface area contributed by atoms with Gasteiger partial charge in [-0.2, -0.15) is 4.57 Å². The molecule has 3 aromatic carbocycles. The number of hydrogen-bond donors (Lipinski definition) is 1.